The minimum atomic E-state index is -0.0413. The van der Waals surface area contributed by atoms with Gasteiger partial charge in [-0.3, -0.25) is 0 Å². The van der Waals surface area contributed by atoms with Crippen molar-refractivity contribution >= 4 is 6.03 Å². The second-order valence-electron chi connectivity index (χ2n) is 7.23. The van der Waals surface area contributed by atoms with Crippen LogP contribution in [0.4, 0.5) is 4.79 Å². The van der Waals surface area contributed by atoms with E-state index in [0.29, 0.717) is 6.54 Å². The van der Waals surface area contributed by atoms with Crippen LogP contribution in [-0.2, 0) is 0 Å². The predicted molar refractivity (Wildman–Crippen MR) is 82.6 cm³/mol. The van der Waals surface area contributed by atoms with Crippen LogP contribution in [0, 0.1) is 17.3 Å². The highest BCUT2D eigenvalue weighted by Crippen LogP contribution is 2.24. The van der Waals surface area contributed by atoms with E-state index in [-0.39, 0.29) is 18.1 Å². The summed E-state index contributed by atoms with van der Waals surface area (Å²) in [6, 6.07) is 0.0778. The molecule has 0 aromatic heterocycles. The van der Waals surface area contributed by atoms with E-state index in [1.54, 1.807) is 0 Å². The fourth-order valence-electron chi connectivity index (χ4n) is 2.72. The van der Waals surface area contributed by atoms with Crippen LogP contribution in [0.5, 0.6) is 0 Å². The van der Waals surface area contributed by atoms with Gasteiger partial charge in [0.25, 0.3) is 0 Å². The molecule has 1 aliphatic rings. The molecule has 4 nitrogen and oxygen atoms in total. The summed E-state index contributed by atoms with van der Waals surface area (Å²) in [7, 11) is 0. The molecule has 0 aromatic rings. The Morgan fingerprint density at radius 1 is 1.35 bits per heavy atom. The lowest BCUT2D eigenvalue weighted by molar-refractivity contribution is 0.145. The summed E-state index contributed by atoms with van der Waals surface area (Å²) in [5.41, 5.74) is -0.0413. The average molecular weight is 284 g/mol. The van der Waals surface area contributed by atoms with E-state index in [1.165, 1.54) is 0 Å². The summed E-state index contributed by atoms with van der Waals surface area (Å²) in [5, 5.41) is 12.2. The topological polar surface area (TPSA) is 52.6 Å². The molecule has 0 saturated carbocycles. The zero-order chi connectivity index (χ0) is 15.2. The average Bonchev–Trinajstić information content (AvgIpc) is 2.43. The van der Waals surface area contributed by atoms with Gasteiger partial charge in [0.05, 0.1) is 0 Å². The first-order valence-corrected chi connectivity index (χ1v) is 7.99. The molecule has 1 fully saturated rings. The molecule has 20 heavy (non-hydrogen) atoms. The smallest absolute Gasteiger partial charge is 0.317 e. The zero-order valence-corrected chi connectivity index (χ0v) is 13.6. The predicted octanol–water partition coefficient (Wildman–Crippen LogP) is 2.86. The van der Waals surface area contributed by atoms with E-state index >= 15 is 0 Å². The highest BCUT2D eigenvalue weighted by atomic mass is 16.3. The summed E-state index contributed by atoms with van der Waals surface area (Å²) >= 11 is 0. The molecule has 0 spiro atoms. The van der Waals surface area contributed by atoms with E-state index in [0.717, 1.165) is 50.6 Å². The van der Waals surface area contributed by atoms with Gasteiger partial charge < -0.3 is 15.3 Å². The lowest BCUT2D eigenvalue weighted by atomic mass is 9.87. The van der Waals surface area contributed by atoms with Gasteiger partial charge in [0, 0.05) is 26.2 Å². The number of rotatable bonds is 6. The summed E-state index contributed by atoms with van der Waals surface area (Å²) in [6.45, 7) is 11.3. The van der Waals surface area contributed by atoms with Gasteiger partial charge in [-0.15, -0.1) is 0 Å². The van der Waals surface area contributed by atoms with Crippen LogP contribution >= 0.6 is 0 Å². The number of likely N-dealkylation sites (tertiary alicyclic amines) is 1. The lowest BCUT2D eigenvalue weighted by Crippen LogP contribution is -2.45. The highest BCUT2D eigenvalue weighted by Gasteiger charge is 2.24. The van der Waals surface area contributed by atoms with Crippen molar-refractivity contribution in [3.63, 3.8) is 0 Å². The van der Waals surface area contributed by atoms with Crippen LogP contribution in [0.3, 0.4) is 0 Å². The monoisotopic (exact) mass is 284 g/mol. The molecule has 0 aromatic carbocycles. The normalized spacial score (nSPS) is 17.6. The van der Waals surface area contributed by atoms with Gasteiger partial charge in [-0.2, -0.15) is 0 Å². The summed E-state index contributed by atoms with van der Waals surface area (Å²) in [6.07, 6.45) is 4.10. The van der Waals surface area contributed by atoms with Crippen molar-refractivity contribution in [3.05, 3.63) is 0 Å². The van der Waals surface area contributed by atoms with Gasteiger partial charge in [-0.1, -0.05) is 27.7 Å². The van der Waals surface area contributed by atoms with Crippen molar-refractivity contribution in [1.29, 1.82) is 0 Å². The minimum Gasteiger partial charge on any atom is -0.396 e. The third-order valence-corrected chi connectivity index (χ3v) is 4.50. The number of aliphatic hydroxyl groups is 1. The summed E-state index contributed by atoms with van der Waals surface area (Å²) in [5.74, 6) is 1.49. The number of hydrogen-bond acceptors (Lipinski definition) is 2. The van der Waals surface area contributed by atoms with E-state index in [2.05, 4.69) is 19.2 Å². The third kappa shape index (κ3) is 5.70. The molecule has 0 atom stereocenters. The van der Waals surface area contributed by atoms with Crippen molar-refractivity contribution in [2.45, 2.75) is 53.4 Å². The molecule has 0 radical (unpaired) electrons. The van der Waals surface area contributed by atoms with E-state index in [1.807, 2.05) is 18.7 Å². The Balaban J connectivity index is 2.18. The van der Waals surface area contributed by atoms with Crippen molar-refractivity contribution < 1.29 is 9.90 Å². The van der Waals surface area contributed by atoms with E-state index in [9.17, 15) is 9.90 Å². The SMILES string of the molecule is CC(C)C1CCN(C(=O)NCCCC(C)(C)CO)CC1. The molecule has 2 amide bonds. The van der Waals surface area contributed by atoms with Crippen LogP contribution in [0.15, 0.2) is 0 Å². The first kappa shape index (κ1) is 17.3. The Bertz CT molecular complexity index is 295. The van der Waals surface area contributed by atoms with Crippen molar-refractivity contribution in [2.24, 2.45) is 17.3 Å². The zero-order valence-electron chi connectivity index (χ0n) is 13.6. The molecule has 2 N–H and O–H groups in total. The molecule has 1 saturated heterocycles. The Kier molecular flexibility index (Phi) is 6.80. The largest absolute Gasteiger partial charge is 0.396 e. The fraction of sp³-hybridized carbons (Fsp3) is 0.938. The number of nitrogens with one attached hydrogen (secondary N) is 1. The molecule has 1 heterocycles. The van der Waals surface area contributed by atoms with Gasteiger partial charge in [-0.25, -0.2) is 4.79 Å². The van der Waals surface area contributed by atoms with Crippen LogP contribution in [0.1, 0.15) is 53.4 Å². The molecule has 0 bridgehead atoms. The number of piperidine rings is 1. The maximum absolute atomic E-state index is 12.0. The molecular formula is C16H32N2O2. The third-order valence-electron chi connectivity index (χ3n) is 4.50. The minimum absolute atomic E-state index is 0.0413. The van der Waals surface area contributed by atoms with E-state index in [4.69, 9.17) is 0 Å². The number of urea groups is 1. The number of amides is 2. The highest BCUT2D eigenvalue weighted by molar-refractivity contribution is 5.74. The second-order valence-corrected chi connectivity index (χ2v) is 7.23. The Labute approximate surface area is 123 Å². The van der Waals surface area contributed by atoms with Crippen molar-refractivity contribution in [1.82, 2.24) is 10.2 Å². The van der Waals surface area contributed by atoms with Crippen LogP contribution in [0.2, 0.25) is 0 Å². The molecular weight excluding hydrogens is 252 g/mol. The van der Waals surface area contributed by atoms with Crippen LogP contribution in [0.25, 0.3) is 0 Å². The number of aliphatic hydroxyl groups excluding tert-OH is 1. The Hall–Kier alpha value is -0.770. The number of carbonyl (C=O) groups is 1. The first-order valence-electron chi connectivity index (χ1n) is 7.99. The van der Waals surface area contributed by atoms with Crippen LogP contribution in [-0.4, -0.2) is 42.3 Å². The number of hydrogen-bond donors (Lipinski definition) is 2. The number of nitrogens with zero attached hydrogens (tertiary/aromatic N) is 1. The quantitative estimate of drug-likeness (QED) is 0.737. The lowest BCUT2D eigenvalue weighted by Gasteiger charge is -2.34. The van der Waals surface area contributed by atoms with Gasteiger partial charge in [0.2, 0.25) is 0 Å². The van der Waals surface area contributed by atoms with Gasteiger partial charge >= 0.3 is 6.03 Å². The van der Waals surface area contributed by atoms with Gasteiger partial charge in [0.15, 0.2) is 0 Å². The molecule has 1 rings (SSSR count). The van der Waals surface area contributed by atoms with Gasteiger partial charge in [0.1, 0.15) is 0 Å². The molecule has 1 aliphatic heterocycles. The fourth-order valence-corrected chi connectivity index (χ4v) is 2.72. The summed E-state index contributed by atoms with van der Waals surface area (Å²) < 4.78 is 0. The molecule has 4 heteroatoms. The summed E-state index contributed by atoms with van der Waals surface area (Å²) in [4.78, 5) is 14.0. The Morgan fingerprint density at radius 3 is 2.45 bits per heavy atom. The van der Waals surface area contributed by atoms with Crippen LogP contribution < -0.4 is 5.32 Å². The van der Waals surface area contributed by atoms with Crippen molar-refractivity contribution in [2.75, 3.05) is 26.2 Å². The molecule has 0 aliphatic carbocycles. The molecule has 0 unspecified atom stereocenters. The second kappa shape index (κ2) is 7.87. The van der Waals surface area contributed by atoms with Crippen molar-refractivity contribution in [3.8, 4) is 0 Å². The Morgan fingerprint density at radius 2 is 1.95 bits per heavy atom. The maximum Gasteiger partial charge on any atom is 0.317 e. The van der Waals surface area contributed by atoms with Gasteiger partial charge in [-0.05, 0) is 42.9 Å². The first-order chi connectivity index (χ1) is 9.35. The standard InChI is InChI=1S/C16H32N2O2/c1-13(2)14-6-10-18(11-7-14)15(20)17-9-5-8-16(3,4)12-19/h13-14,19H,5-12H2,1-4H3,(H,17,20). The van der Waals surface area contributed by atoms with E-state index < -0.39 is 0 Å². The maximum atomic E-state index is 12.0. The number of carbonyl (C=O) groups excluding carboxylic acids is 1. The molecule has 118 valence electrons.